The number of rotatable bonds is 6. The SMILES string of the molecule is CC(C)(C)[Si](C)(C)O[C@]1(c2ccccc2)O[C@@H](c2ccccc2)C(=O)N1Cc1ccccc1. The van der Waals surface area contributed by atoms with Gasteiger partial charge in [-0.05, 0) is 29.3 Å². The van der Waals surface area contributed by atoms with Crippen LogP contribution in [-0.4, -0.2) is 19.1 Å². The summed E-state index contributed by atoms with van der Waals surface area (Å²) in [5, 5.41) is -0.0650. The van der Waals surface area contributed by atoms with Crippen molar-refractivity contribution in [2.45, 2.75) is 57.5 Å². The molecule has 1 amide bonds. The van der Waals surface area contributed by atoms with Crippen molar-refractivity contribution >= 4 is 14.2 Å². The van der Waals surface area contributed by atoms with E-state index in [2.05, 4.69) is 33.9 Å². The number of hydrogen-bond donors (Lipinski definition) is 0. The van der Waals surface area contributed by atoms with E-state index < -0.39 is 20.3 Å². The lowest BCUT2D eigenvalue weighted by Crippen LogP contribution is -2.55. The van der Waals surface area contributed by atoms with Crippen LogP contribution in [0.3, 0.4) is 0 Å². The van der Waals surface area contributed by atoms with Crippen molar-refractivity contribution in [1.82, 2.24) is 4.90 Å². The Balaban J connectivity index is 1.88. The summed E-state index contributed by atoms with van der Waals surface area (Å²) in [5.74, 6) is -1.40. The molecule has 3 aromatic carbocycles. The fraction of sp³-hybridized carbons (Fsp3) is 0.321. The zero-order valence-electron chi connectivity index (χ0n) is 20.1. The number of benzene rings is 3. The number of carbonyl (C=O) groups excluding carboxylic acids is 1. The highest BCUT2D eigenvalue weighted by molar-refractivity contribution is 6.74. The second-order valence-corrected chi connectivity index (χ2v) is 14.9. The van der Waals surface area contributed by atoms with Crippen molar-refractivity contribution in [2.75, 3.05) is 0 Å². The Hall–Kier alpha value is -2.73. The molecule has 3 aromatic rings. The van der Waals surface area contributed by atoms with Gasteiger partial charge in [0.2, 0.25) is 0 Å². The van der Waals surface area contributed by atoms with Gasteiger partial charge in [-0.2, -0.15) is 0 Å². The van der Waals surface area contributed by atoms with Crippen LogP contribution in [0.1, 0.15) is 43.6 Å². The first-order valence-electron chi connectivity index (χ1n) is 11.5. The zero-order chi connectivity index (χ0) is 23.7. The van der Waals surface area contributed by atoms with Gasteiger partial charge in [0.25, 0.3) is 11.8 Å². The summed E-state index contributed by atoms with van der Waals surface area (Å²) in [6.07, 6.45) is -0.736. The lowest BCUT2D eigenvalue weighted by Gasteiger charge is -2.46. The summed E-state index contributed by atoms with van der Waals surface area (Å²) in [6, 6.07) is 29.6. The molecule has 5 heteroatoms. The zero-order valence-corrected chi connectivity index (χ0v) is 21.1. The number of hydrogen-bond acceptors (Lipinski definition) is 3. The molecule has 1 aliphatic heterocycles. The second-order valence-electron chi connectivity index (χ2n) is 10.1. The molecule has 1 aliphatic rings. The maximum atomic E-state index is 14.0. The second kappa shape index (κ2) is 8.90. The average Bonchev–Trinajstić information content (AvgIpc) is 3.07. The quantitative estimate of drug-likeness (QED) is 0.389. The first-order valence-corrected chi connectivity index (χ1v) is 14.4. The predicted molar refractivity (Wildman–Crippen MR) is 134 cm³/mol. The highest BCUT2D eigenvalue weighted by Gasteiger charge is 2.58. The van der Waals surface area contributed by atoms with Crippen molar-refractivity contribution in [3.05, 3.63) is 108 Å². The van der Waals surface area contributed by atoms with Crippen LogP contribution in [0.4, 0.5) is 0 Å². The summed E-state index contributed by atoms with van der Waals surface area (Å²) in [4.78, 5) is 15.8. The molecule has 172 valence electrons. The maximum absolute atomic E-state index is 14.0. The van der Waals surface area contributed by atoms with Crippen molar-refractivity contribution < 1.29 is 14.0 Å². The van der Waals surface area contributed by atoms with Crippen LogP contribution in [-0.2, 0) is 26.4 Å². The fourth-order valence-electron chi connectivity index (χ4n) is 3.86. The number of amides is 1. The van der Waals surface area contributed by atoms with Gasteiger partial charge in [0, 0.05) is 5.56 Å². The maximum Gasteiger partial charge on any atom is 0.274 e. The molecule has 4 rings (SSSR count). The van der Waals surface area contributed by atoms with E-state index in [1.54, 1.807) is 4.90 Å². The van der Waals surface area contributed by atoms with Crippen LogP contribution in [0.15, 0.2) is 91.0 Å². The normalized spacial score (nSPS) is 21.4. The van der Waals surface area contributed by atoms with Gasteiger partial charge in [-0.15, -0.1) is 0 Å². The molecule has 0 saturated carbocycles. The Bertz CT molecular complexity index is 1080. The average molecular weight is 460 g/mol. The Kier molecular flexibility index (Phi) is 6.32. The third-order valence-corrected chi connectivity index (χ3v) is 11.1. The van der Waals surface area contributed by atoms with Gasteiger partial charge < -0.3 is 9.16 Å². The van der Waals surface area contributed by atoms with E-state index in [4.69, 9.17) is 9.16 Å². The number of ether oxygens (including phenoxy) is 1. The molecule has 0 radical (unpaired) electrons. The van der Waals surface area contributed by atoms with Crippen molar-refractivity contribution in [2.24, 2.45) is 0 Å². The molecular formula is C28H33NO3Si. The van der Waals surface area contributed by atoms with E-state index >= 15 is 0 Å². The van der Waals surface area contributed by atoms with E-state index in [9.17, 15) is 4.79 Å². The first kappa shape index (κ1) is 23.4. The molecule has 33 heavy (non-hydrogen) atoms. The summed E-state index contributed by atoms with van der Waals surface area (Å²) in [5.41, 5.74) is 2.69. The predicted octanol–water partition coefficient (Wildman–Crippen LogP) is 6.62. The Morgan fingerprint density at radius 3 is 1.94 bits per heavy atom. The molecule has 0 unspecified atom stereocenters. The van der Waals surface area contributed by atoms with Gasteiger partial charge in [-0.1, -0.05) is 112 Å². The Morgan fingerprint density at radius 1 is 0.879 bits per heavy atom. The van der Waals surface area contributed by atoms with Crippen LogP contribution in [0.25, 0.3) is 0 Å². The smallest absolute Gasteiger partial charge is 0.274 e. The van der Waals surface area contributed by atoms with Gasteiger partial charge in [0.1, 0.15) is 0 Å². The lowest BCUT2D eigenvalue weighted by atomic mass is 10.1. The molecule has 0 aromatic heterocycles. The molecule has 2 atom stereocenters. The van der Waals surface area contributed by atoms with E-state index in [0.29, 0.717) is 6.54 Å². The van der Waals surface area contributed by atoms with Crippen LogP contribution in [0.5, 0.6) is 0 Å². The molecular weight excluding hydrogens is 426 g/mol. The first-order chi connectivity index (χ1) is 15.6. The standard InChI is InChI=1S/C28H33NO3Si/c1-27(2,3)33(4,5)32-28(24-19-13-8-14-20-24)29(21-22-15-9-6-10-16-22)26(30)25(31-28)23-17-11-7-12-18-23/h6-20,25H,21H2,1-5H3/t25-,28-/m0/s1. The molecule has 0 bridgehead atoms. The monoisotopic (exact) mass is 459 g/mol. The van der Waals surface area contributed by atoms with E-state index in [0.717, 1.165) is 16.7 Å². The van der Waals surface area contributed by atoms with Gasteiger partial charge >= 0.3 is 0 Å². The third-order valence-electron chi connectivity index (χ3n) is 6.75. The summed E-state index contributed by atoms with van der Waals surface area (Å²) >= 11 is 0. The van der Waals surface area contributed by atoms with Gasteiger partial charge in [0.05, 0.1) is 6.54 Å². The highest BCUT2D eigenvalue weighted by Crippen LogP contribution is 2.50. The summed E-state index contributed by atoms with van der Waals surface area (Å²) in [7, 11) is -2.36. The molecule has 1 fully saturated rings. The molecule has 0 spiro atoms. The van der Waals surface area contributed by atoms with Crippen molar-refractivity contribution in [3.63, 3.8) is 0 Å². The summed E-state index contributed by atoms with van der Waals surface area (Å²) in [6.45, 7) is 11.4. The number of carbonyl (C=O) groups is 1. The van der Waals surface area contributed by atoms with Gasteiger partial charge in [-0.25, -0.2) is 0 Å². The molecule has 1 saturated heterocycles. The minimum atomic E-state index is -2.36. The Morgan fingerprint density at radius 2 is 1.39 bits per heavy atom. The topological polar surface area (TPSA) is 38.8 Å². The van der Waals surface area contributed by atoms with Crippen LogP contribution < -0.4 is 0 Å². The number of nitrogens with zero attached hydrogens (tertiary/aromatic N) is 1. The highest BCUT2D eigenvalue weighted by atomic mass is 28.4. The molecule has 1 heterocycles. The van der Waals surface area contributed by atoms with Gasteiger partial charge in [0.15, 0.2) is 14.4 Å². The molecule has 0 N–H and O–H groups in total. The van der Waals surface area contributed by atoms with Gasteiger partial charge in [-0.3, -0.25) is 9.69 Å². The van der Waals surface area contributed by atoms with Crippen LogP contribution in [0, 0.1) is 0 Å². The summed E-state index contributed by atoms with van der Waals surface area (Å²) < 4.78 is 13.8. The largest absolute Gasteiger partial charge is 0.370 e. The van der Waals surface area contributed by atoms with E-state index in [1.165, 1.54) is 0 Å². The molecule has 4 nitrogen and oxygen atoms in total. The van der Waals surface area contributed by atoms with E-state index in [-0.39, 0.29) is 10.9 Å². The van der Waals surface area contributed by atoms with Crippen molar-refractivity contribution in [1.29, 1.82) is 0 Å². The fourth-order valence-corrected chi connectivity index (χ4v) is 5.13. The minimum absolute atomic E-state index is 0.0650. The lowest BCUT2D eigenvalue weighted by molar-refractivity contribution is -0.257. The van der Waals surface area contributed by atoms with Crippen LogP contribution in [0.2, 0.25) is 18.1 Å². The minimum Gasteiger partial charge on any atom is -0.370 e. The van der Waals surface area contributed by atoms with Crippen LogP contribution >= 0.6 is 0 Å². The van der Waals surface area contributed by atoms with Crippen molar-refractivity contribution in [3.8, 4) is 0 Å². The third kappa shape index (κ3) is 4.54. The molecule has 0 aliphatic carbocycles. The van der Waals surface area contributed by atoms with E-state index in [1.807, 2.05) is 91.0 Å². The Labute approximate surface area is 198 Å².